The van der Waals surface area contributed by atoms with Crippen molar-refractivity contribution in [3.05, 3.63) is 65.2 Å². The number of sulfonamides is 1. The van der Waals surface area contributed by atoms with Gasteiger partial charge in [-0.3, -0.25) is 13.9 Å². The van der Waals surface area contributed by atoms with Crippen molar-refractivity contribution in [2.24, 2.45) is 0 Å². The van der Waals surface area contributed by atoms with Crippen molar-refractivity contribution in [3.63, 3.8) is 0 Å². The number of carbonyl (C=O) groups excluding carboxylic acids is 2. The lowest BCUT2D eigenvalue weighted by molar-refractivity contribution is -0.139. The fourth-order valence-corrected chi connectivity index (χ4v) is 5.69. The van der Waals surface area contributed by atoms with Crippen molar-refractivity contribution in [2.45, 2.75) is 77.9 Å². The molecule has 0 aromatic heterocycles. The molecule has 8 heteroatoms. The maximum atomic E-state index is 13.7. The van der Waals surface area contributed by atoms with Crippen LogP contribution in [-0.2, 0) is 32.6 Å². The second kappa shape index (κ2) is 12.4. The predicted octanol–water partition coefficient (Wildman–Crippen LogP) is 4.19. The summed E-state index contributed by atoms with van der Waals surface area (Å²) in [6.45, 7) is 5.48. The first kappa shape index (κ1) is 27.7. The first-order chi connectivity index (χ1) is 17.1. The molecule has 1 saturated carbocycles. The van der Waals surface area contributed by atoms with Crippen molar-refractivity contribution in [1.29, 1.82) is 0 Å². The standard InChI is InChI=1S/C28H39N3O4S/c1-5-24-14-9-10-17-26(24)31(36(4,34)35)20-27(32)30(19-23-13-11-12-21(2)18-23)22(3)28(33)29-25-15-7-6-8-16-25/h9-14,17-18,22,25H,5-8,15-16,19-20H2,1-4H3,(H,29,33)/t22-/m0/s1. The molecule has 0 radical (unpaired) electrons. The largest absolute Gasteiger partial charge is 0.352 e. The predicted molar refractivity (Wildman–Crippen MR) is 144 cm³/mol. The second-order valence-electron chi connectivity index (χ2n) is 9.78. The zero-order valence-corrected chi connectivity index (χ0v) is 22.7. The van der Waals surface area contributed by atoms with Gasteiger partial charge in [-0.15, -0.1) is 0 Å². The third kappa shape index (κ3) is 7.32. The minimum absolute atomic E-state index is 0.119. The number of nitrogens with zero attached hydrogens (tertiary/aromatic N) is 2. The van der Waals surface area contributed by atoms with Crippen molar-refractivity contribution in [3.8, 4) is 0 Å². The average Bonchev–Trinajstić information content (AvgIpc) is 2.85. The van der Waals surface area contributed by atoms with Crippen LogP contribution in [0.15, 0.2) is 48.5 Å². The van der Waals surface area contributed by atoms with Gasteiger partial charge in [0, 0.05) is 12.6 Å². The molecule has 0 spiro atoms. The fourth-order valence-electron chi connectivity index (χ4n) is 4.81. The van der Waals surface area contributed by atoms with Gasteiger partial charge >= 0.3 is 0 Å². The Bertz CT molecular complexity index is 1160. The van der Waals surface area contributed by atoms with Gasteiger partial charge in [0.1, 0.15) is 12.6 Å². The molecule has 1 aliphatic carbocycles. The number of rotatable bonds is 10. The first-order valence-corrected chi connectivity index (χ1v) is 14.7. The van der Waals surface area contributed by atoms with Crippen LogP contribution in [-0.4, -0.2) is 50.0 Å². The molecule has 1 atom stereocenters. The highest BCUT2D eigenvalue weighted by atomic mass is 32.2. The van der Waals surface area contributed by atoms with Crippen LogP contribution in [0.25, 0.3) is 0 Å². The Morgan fingerprint density at radius 2 is 1.75 bits per heavy atom. The molecule has 36 heavy (non-hydrogen) atoms. The molecule has 2 aromatic rings. The molecule has 0 aliphatic heterocycles. The molecule has 1 aliphatic rings. The van der Waals surface area contributed by atoms with E-state index in [4.69, 9.17) is 0 Å². The fraction of sp³-hybridized carbons (Fsp3) is 0.500. The Kier molecular flexibility index (Phi) is 9.54. The lowest BCUT2D eigenvalue weighted by Gasteiger charge is -2.33. The van der Waals surface area contributed by atoms with E-state index in [1.165, 1.54) is 11.3 Å². The molecular formula is C28H39N3O4S. The Morgan fingerprint density at radius 3 is 2.39 bits per heavy atom. The highest BCUT2D eigenvalue weighted by Crippen LogP contribution is 2.24. The van der Waals surface area contributed by atoms with E-state index in [1.54, 1.807) is 19.1 Å². The molecule has 2 aromatic carbocycles. The van der Waals surface area contributed by atoms with Gasteiger partial charge in [0.25, 0.3) is 0 Å². The number of nitrogens with one attached hydrogen (secondary N) is 1. The Balaban J connectivity index is 1.89. The van der Waals surface area contributed by atoms with Crippen molar-refractivity contribution in [2.75, 3.05) is 17.1 Å². The average molecular weight is 514 g/mol. The molecule has 3 rings (SSSR count). The van der Waals surface area contributed by atoms with Gasteiger partial charge in [-0.05, 0) is 50.3 Å². The number of hydrogen-bond donors (Lipinski definition) is 1. The molecule has 1 fully saturated rings. The van der Waals surface area contributed by atoms with E-state index >= 15 is 0 Å². The van der Waals surface area contributed by atoms with E-state index in [1.807, 2.05) is 50.2 Å². The van der Waals surface area contributed by atoms with Crippen LogP contribution in [0, 0.1) is 6.92 Å². The minimum Gasteiger partial charge on any atom is -0.352 e. The van der Waals surface area contributed by atoms with Crippen LogP contribution < -0.4 is 9.62 Å². The topological polar surface area (TPSA) is 86.8 Å². The summed E-state index contributed by atoms with van der Waals surface area (Å²) < 4.78 is 26.8. The van der Waals surface area contributed by atoms with Crippen LogP contribution in [0.5, 0.6) is 0 Å². The van der Waals surface area contributed by atoms with Crippen molar-refractivity contribution >= 4 is 27.5 Å². The molecular weight excluding hydrogens is 474 g/mol. The highest BCUT2D eigenvalue weighted by molar-refractivity contribution is 7.92. The molecule has 0 bridgehead atoms. The van der Waals surface area contributed by atoms with E-state index < -0.39 is 22.0 Å². The normalized spacial score (nSPS) is 15.2. The monoisotopic (exact) mass is 513 g/mol. The van der Waals surface area contributed by atoms with Crippen LogP contribution >= 0.6 is 0 Å². The Hall–Kier alpha value is -2.87. The summed E-state index contributed by atoms with van der Waals surface area (Å²) in [5.74, 6) is -0.623. The molecule has 2 amide bonds. The van der Waals surface area contributed by atoms with Gasteiger partial charge in [0.15, 0.2) is 0 Å². The van der Waals surface area contributed by atoms with E-state index in [9.17, 15) is 18.0 Å². The number of aryl methyl sites for hydroxylation is 2. The molecule has 0 saturated heterocycles. The quantitative estimate of drug-likeness (QED) is 0.516. The summed E-state index contributed by atoms with van der Waals surface area (Å²) in [7, 11) is -3.74. The third-order valence-corrected chi connectivity index (χ3v) is 8.00. The summed E-state index contributed by atoms with van der Waals surface area (Å²) in [6.07, 6.45) is 6.98. The first-order valence-electron chi connectivity index (χ1n) is 12.8. The van der Waals surface area contributed by atoms with Gasteiger partial charge < -0.3 is 10.2 Å². The van der Waals surface area contributed by atoms with Crippen LogP contribution in [0.4, 0.5) is 5.69 Å². The number of anilines is 1. The molecule has 7 nitrogen and oxygen atoms in total. The van der Waals surface area contributed by atoms with Crippen LogP contribution in [0.1, 0.15) is 62.6 Å². The maximum absolute atomic E-state index is 13.7. The van der Waals surface area contributed by atoms with E-state index in [0.29, 0.717) is 12.1 Å². The lowest BCUT2D eigenvalue weighted by atomic mass is 9.95. The maximum Gasteiger partial charge on any atom is 0.244 e. The van der Waals surface area contributed by atoms with Gasteiger partial charge in [0.05, 0.1) is 11.9 Å². The summed E-state index contributed by atoms with van der Waals surface area (Å²) in [4.78, 5) is 28.5. The summed E-state index contributed by atoms with van der Waals surface area (Å²) in [5, 5.41) is 3.12. The summed E-state index contributed by atoms with van der Waals surface area (Å²) in [6, 6.07) is 14.4. The number of hydrogen-bond acceptors (Lipinski definition) is 4. The Morgan fingerprint density at radius 1 is 1.06 bits per heavy atom. The zero-order valence-electron chi connectivity index (χ0n) is 21.9. The van der Waals surface area contributed by atoms with Gasteiger partial charge in [-0.2, -0.15) is 0 Å². The summed E-state index contributed by atoms with van der Waals surface area (Å²) >= 11 is 0. The Labute approximate surface area is 215 Å². The summed E-state index contributed by atoms with van der Waals surface area (Å²) in [5.41, 5.74) is 3.27. The number of benzene rings is 2. The van der Waals surface area contributed by atoms with Crippen molar-refractivity contribution < 1.29 is 18.0 Å². The second-order valence-corrected chi connectivity index (χ2v) is 11.7. The van der Waals surface area contributed by atoms with Crippen LogP contribution in [0.3, 0.4) is 0 Å². The number of amides is 2. The van der Waals surface area contributed by atoms with Crippen LogP contribution in [0.2, 0.25) is 0 Å². The van der Waals surface area contributed by atoms with Gasteiger partial charge in [-0.25, -0.2) is 8.42 Å². The third-order valence-electron chi connectivity index (χ3n) is 6.87. The molecule has 1 N–H and O–H groups in total. The smallest absolute Gasteiger partial charge is 0.244 e. The molecule has 0 heterocycles. The zero-order chi connectivity index (χ0) is 26.3. The van der Waals surface area contributed by atoms with Gasteiger partial charge in [0.2, 0.25) is 21.8 Å². The van der Waals surface area contributed by atoms with Gasteiger partial charge in [-0.1, -0.05) is 74.2 Å². The van der Waals surface area contributed by atoms with E-state index in [0.717, 1.165) is 52.9 Å². The lowest BCUT2D eigenvalue weighted by Crippen LogP contribution is -2.53. The molecule has 0 unspecified atom stereocenters. The van der Waals surface area contributed by atoms with E-state index in [-0.39, 0.29) is 25.0 Å². The highest BCUT2D eigenvalue weighted by Gasteiger charge is 2.31. The SMILES string of the molecule is CCc1ccccc1N(CC(=O)N(Cc1cccc(C)c1)[C@@H](C)C(=O)NC1CCCCC1)S(C)(=O)=O. The number of carbonyl (C=O) groups is 2. The minimum atomic E-state index is -3.74. The molecule has 196 valence electrons. The number of para-hydroxylation sites is 1. The van der Waals surface area contributed by atoms with E-state index in [2.05, 4.69) is 5.32 Å². The van der Waals surface area contributed by atoms with Crippen molar-refractivity contribution in [1.82, 2.24) is 10.2 Å².